The molecule has 1 aliphatic carbocycles. The van der Waals surface area contributed by atoms with Crippen molar-refractivity contribution in [3.8, 4) is 0 Å². The van der Waals surface area contributed by atoms with E-state index in [4.69, 9.17) is 0 Å². The number of amides is 1. The van der Waals surface area contributed by atoms with Crippen LogP contribution in [-0.2, 0) is 0 Å². The Morgan fingerprint density at radius 1 is 1.22 bits per heavy atom. The first kappa shape index (κ1) is 21.5. The minimum atomic E-state index is 0.153. The van der Waals surface area contributed by atoms with Crippen molar-refractivity contribution in [2.45, 2.75) is 31.1 Å². The van der Waals surface area contributed by atoms with Gasteiger partial charge in [0.25, 0.3) is 5.91 Å². The molecule has 1 saturated carbocycles. The highest BCUT2D eigenvalue weighted by Crippen LogP contribution is 2.48. The summed E-state index contributed by atoms with van der Waals surface area (Å²) in [6, 6.07) is 5.87. The largest absolute Gasteiger partial charge is 0.361 e. The fourth-order valence-corrected chi connectivity index (χ4v) is 5.56. The Labute approximate surface area is 196 Å². The molecule has 2 N–H and O–H groups in total. The van der Waals surface area contributed by atoms with E-state index in [-0.39, 0.29) is 5.91 Å². The lowest BCUT2D eigenvalue weighted by atomic mass is 9.63. The fraction of sp³-hybridized carbons (Fsp3) is 0.478. The maximum absolute atomic E-state index is 12.8. The third-order valence-electron chi connectivity index (χ3n) is 6.46. The Morgan fingerprint density at radius 2 is 1.97 bits per heavy atom. The van der Waals surface area contributed by atoms with Crippen molar-refractivity contribution in [3.63, 3.8) is 0 Å². The molecule has 2 aliphatic rings. The van der Waals surface area contributed by atoms with Crippen LogP contribution in [0.1, 0.15) is 36.5 Å². The molecule has 3 heterocycles. The van der Waals surface area contributed by atoms with Crippen LogP contribution in [-0.4, -0.2) is 58.2 Å². The number of hydrogen-bond donors (Lipinski definition) is 2. The monoisotopic (exact) mass is 468 g/mol. The second-order valence-corrected chi connectivity index (χ2v) is 10.9. The van der Waals surface area contributed by atoms with Crippen molar-refractivity contribution in [2.24, 2.45) is 11.3 Å². The van der Waals surface area contributed by atoms with Gasteiger partial charge in [-0.3, -0.25) is 4.79 Å². The summed E-state index contributed by atoms with van der Waals surface area (Å²) >= 11 is 3.23. The number of carbonyl (C=O) groups is 1. The Hall–Kier alpha value is -2.39. The normalized spacial score (nSPS) is 17.6. The third-order valence-corrected chi connectivity index (χ3v) is 8.12. The standard InChI is InChI=1S/C23H28N6OS2/c1-15(9-24-21-25-11-17(31-2)12-26-21)10-27-22-28-18-5-4-16(8-19(18)32-22)20(30)29-13-23(14-29)6-3-7-23/h4-5,8,11-12,15H,3,6-7,9-10,13-14H2,1-2H3,(H,27,28)(H,24,25,26)/t15-/m0/s1. The minimum Gasteiger partial charge on any atom is -0.361 e. The van der Waals surface area contributed by atoms with Crippen LogP contribution in [0.2, 0.25) is 0 Å². The molecule has 1 amide bonds. The zero-order chi connectivity index (χ0) is 22.1. The molecule has 1 atom stereocenters. The number of carbonyl (C=O) groups excluding carboxylic acids is 1. The number of nitrogens with one attached hydrogen (secondary N) is 2. The molecule has 0 unspecified atom stereocenters. The summed E-state index contributed by atoms with van der Waals surface area (Å²) < 4.78 is 1.05. The van der Waals surface area contributed by atoms with Crippen molar-refractivity contribution in [1.82, 2.24) is 19.9 Å². The molecular formula is C23H28N6OS2. The van der Waals surface area contributed by atoms with Gasteiger partial charge in [-0.2, -0.15) is 0 Å². The van der Waals surface area contributed by atoms with E-state index in [2.05, 4.69) is 32.5 Å². The van der Waals surface area contributed by atoms with Gasteiger partial charge in [0, 0.05) is 54.4 Å². The van der Waals surface area contributed by atoms with E-state index in [0.29, 0.717) is 17.3 Å². The summed E-state index contributed by atoms with van der Waals surface area (Å²) in [6.07, 6.45) is 9.55. The molecule has 7 nitrogen and oxygen atoms in total. The molecule has 1 spiro atoms. The van der Waals surface area contributed by atoms with Crippen molar-refractivity contribution in [3.05, 3.63) is 36.2 Å². The van der Waals surface area contributed by atoms with E-state index < -0.39 is 0 Å². The molecule has 2 fully saturated rings. The molecular weight excluding hydrogens is 440 g/mol. The zero-order valence-corrected chi connectivity index (χ0v) is 20.1. The maximum Gasteiger partial charge on any atom is 0.253 e. The van der Waals surface area contributed by atoms with Crippen molar-refractivity contribution >= 4 is 50.3 Å². The van der Waals surface area contributed by atoms with Crippen LogP contribution in [0.4, 0.5) is 11.1 Å². The van der Waals surface area contributed by atoms with Crippen LogP contribution in [0.25, 0.3) is 10.2 Å². The molecule has 0 radical (unpaired) electrons. The molecule has 168 valence electrons. The lowest BCUT2D eigenvalue weighted by Crippen LogP contribution is -2.61. The minimum absolute atomic E-state index is 0.153. The number of thiazole rings is 1. The summed E-state index contributed by atoms with van der Waals surface area (Å²) in [5.74, 6) is 1.17. The van der Waals surface area contributed by atoms with Crippen molar-refractivity contribution in [1.29, 1.82) is 0 Å². The number of benzene rings is 1. The molecule has 1 aliphatic heterocycles. The van der Waals surface area contributed by atoms with Gasteiger partial charge in [0.15, 0.2) is 5.13 Å². The van der Waals surface area contributed by atoms with Crippen molar-refractivity contribution in [2.75, 3.05) is 43.1 Å². The highest BCUT2D eigenvalue weighted by Gasteiger charge is 2.48. The van der Waals surface area contributed by atoms with Gasteiger partial charge in [-0.05, 0) is 43.2 Å². The number of thioether (sulfide) groups is 1. The van der Waals surface area contributed by atoms with Gasteiger partial charge < -0.3 is 15.5 Å². The van der Waals surface area contributed by atoms with E-state index >= 15 is 0 Å². The third kappa shape index (κ3) is 4.41. The van der Waals surface area contributed by atoms with E-state index in [1.165, 1.54) is 19.3 Å². The summed E-state index contributed by atoms with van der Waals surface area (Å²) in [5.41, 5.74) is 2.16. The number of aromatic nitrogens is 3. The van der Waals surface area contributed by atoms with Crippen LogP contribution >= 0.6 is 23.1 Å². The highest BCUT2D eigenvalue weighted by molar-refractivity contribution is 7.98. The van der Waals surface area contributed by atoms with Gasteiger partial charge in [-0.15, -0.1) is 11.8 Å². The number of nitrogens with zero attached hydrogens (tertiary/aromatic N) is 4. The second kappa shape index (κ2) is 8.86. The molecule has 1 saturated heterocycles. The molecule has 3 aromatic rings. The number of rotatable bonds is 8. The zero-order valence-electron chi connectivity index (χ0n) is 18.4. The van der Waals surface area contributed by atoms with E-state index in [0.717, 1.165) is 52.0 Å². The molecule has 32 heavy (non-hydrogen) atoms. The van der Waals surface area contributed by atoms with Gasteiger partial charge in [-0.1, -0.05) is 24.7 Å². The molecule has 5 rings (SSSR count). The van der Waals surface area contributed by atoms with E-state index in [9.17, 15) is 4.79 Å². The van der Waals surface area contributed by atoms with E-state index in [1.54, 1.807) is 23.1 Å². The average molecular weight is 469 g/mol. The molecule has 2 aromatic heterocycles. The van der Waals surface area contributed by atoms with Gasteiger partial charge in [0.05, 0.1) is 10.2 Å². The Balaban J connectivity index is 1.14. The summed E-state index contributed by atoms with van der Waals surface area (Å²) in [5, 5.41) is 7.60. The smallest absolute Gasteiger partial charge is 0.253 e. The predicted molar refractivity (Wildman–Crippen MR) is 132 cm³/mol. The number of fused-ring (bicyclic) bond motifs is 1. The molecule has 0 bridgehead atoms. The Morgan fingerprint density at radius 3 is 2.66 bits per heavy atom. The van der Waals surface area contributed by atoms with Gasteiger partial charge in [0.2, 0.25) is 5.95 Å². The SMILES string of the molecule is CSc1cnc(NC[C@H](C)CNc2nc3ccc(C(=O)N4CC5(CCC5)C4)cc3s2)nc1. The maximum atomic E-state index is 12.8. The number of hydrogen-bond acceptors (Lipinski definition) is 8. The topological polar surface area (TPSA) is 83.0 Å². The first-order valence-corrected chi connectivity index (χ1v) is 13.1. The predicted octanol–water partition coefficient (Wildman–Crippen LogP) is 4.59. The lowest BCUT2D eigenvalue weighted by molar-refractivity contribution is -0.0426. The summed E-state index contributed by atoms with van der Waals surface area (Å²) in [6.45, 7) is 5.59. The molecule has 9 heteroatoms. The second-order valence-electron chi connectivity index (χ2n) is 9.03. The fourth-order valence-electron chi connectivity index (χ4n) is 4.33. The lowest BCUT2D eigenvalue weighted by Gasteiger charge is -2.55. The summed E-state index contributed by atoms with van der Waals surface area (Å²) in [7, 11) is 0. The van der Waals surface area contributed by atoms with Crippen LogP contribution in [0.5, 0.6) is 0 Å². The van der Waals surface area contributed by atoms with Crippen LogP contribution in [0, 0.1) is 11.3 Å². The van der Waals surface area contributed by atoms with Crippen LogP contribution < -0.4 is 10.6 Å². The quantitative estimate of drug-likeness (QED) is 0.468. The van der Waals surface area contributed by atoms with Gasteiger partial charge in [-0.25, -0.2) is 15.0 Å². The number of likely N-dealkylation sites (tertiary alicyclic amines) is 1. The Kier molecular flexibility index (Phi) is 5.94. The highest BCUT2D eigenvalue weighted by atomic mass is 32.2. The first-order chi connectivity index (χ1) is 15.5. The first-order valence-electron chi connectivity index (χ1n) is 11.1. The summed E-state index contributed by atoms with van der Waals surface area (Å²) in [4.78, 5) is 29.2. The van der Waals surface area contributed by atoms with E-state index in [1.807, 2.05) is 41.7 Å². The van der Waals surface area contributed by atoms with Crippen molar-refractivity contribution < 1.29 is 4.79 Å². The molecule has 1 aromatic carbocycles. The van der Waals surface area contributed by atoms with Crippen LogP contribution in [0.15, 0.2) is 35.5 Å². The van der Waals surface area contributed by atoms with Crippen LogP contribution in [0.3, 0.4) is 0 Å². The van der Waals surface area contributed by atoms with Gasteiger partial charge in [0.1, 0.15) is 0 Å². The average Bonchev–Trinajstić information content (AvgIpc) is 3.16. The number of anilines is 2. The van der Waals surface area contributed by atoms with Gasteiger partial charge >= 0.3 is 0 Å². The Bertz CT molecular complexity index is 1100.